The Morgan fingerprint density at radius 2 is 1.85 bits per heavy atom. The van der Waals surface area contributed by atoms with Gasteiger partial charge in [-0.3, -0.25) is 9.78 Å². The van der Waals surface area contributed by atoms with E-state index in [1.165, 1.54) is 6.07 Å². The third-order valence-corrected chi connectivity index (χ3v) is 6.01. The molecule has 5 nitrogen and oxygen atoms in total. The van der Waals surface area contributed by atoms with Gasteiger partial charge in [0.05, 0.1) is 16.8 Å². The van der Waals surface area contributed by atoms with Gasteiger partial charge in [0, 0.05) is 24.0 Å². The van der Waals surface area contributed by atoms with Crippen LogP contribution in [0.3, 0.4) is 0 Å². The first-order valence-corrected chi connectivity index (χ1v) is 11.1. The summed E-state index contributed by atoms with van der Waals surface area (Å²) in [6.45, 7) is 7.88. The largest absolute Gasteiger partial charge is 0.416 e. The Morgan fingerprint density at radius 3 is 2.48 bits per heavy atom. The summed E-state index contributed by atoms with van der Waals surface area (Å²) in [5.41, 5.74) is 6.40. The third-order valence-electron chi connectivity index (χ3n) is 6.01. The molecule has 3 rings (SSSR count). The molecular weight excluding hydrogens is 429 g/mol. The Kier molecular flexibility index (Phi) is 7.17. The highest BCUT2D eigenvalue weighted by Crippen LogP contribution is 2.32. The molecule has 0 aliphatic heterocycles. The molecule has 1 saturated carbocycles. The number of hydrogen-bond acceptors (Lipinski definition) is 4. The minimum Gasteiger partial charge on any atom is -0.371 e. The average Bonchev–Trinajstić information content (AvgIpc) is 2.77. The molecule has 0 unspecified atom stereocenters. The smallest absolute Gasteiger partial charge is 0.371 e. The first kappa shape index (κ1) is 24.8. The summed E-state index contributed by atoms with van der Waals surface area (Å²) in [5.74, 6) is -0.241. The Labute approximate surface area is 192 Å². The molecule has 1 aliphatic carbocycles. The number of halogens is 3. The molecule has 178 valence electrons. The fourth-order valence-corrected chi connectivity index (χ4v) is 4.10. The van der Waals surface area contributed by atoms with E-state index in [2.05, 4.69) is 22.2 Å². The van der Waals surface area contributed by atoms with Crippen molar-refractivity contribution in [3.05, 3.63) is 71.6 Å². The van der Waals surface area contributed by atoms with Crippen LogP contribution in [0.1, 0.15) is 68.3 Å². The zero-order valence-electron chi connectivity index (χ0n) is 19.1. The number of benzene rings is 1. The zero-order chi connectivity index (χ0) is 24.3. The molecule has 33 heavy (non-hydrogen) atoms. The molecular formula is C25H31F3N4O. The van der Waals surface area contributed by atoms with Gasteiger partial charge < -0.3 is 16.4 Å². The van der Waals surface area contributed by atoms with Gasteiger partial charge in [0.1, 0.15) is 5.54 Å². The lowest BCUT2D eigenvalue weighted by Crippen LogP contribution is -2.57. The van der Waals surface area contributed by atoms with E-state index in [1.54, 1.807) is 12.3 Å². The number of aromatic nitrogens is 1. The SMILES string of the molecule is C=C(NC1(C(=O)NCc2cccc(C(F)(F)F)c2)CCCCC1)c1ccnc(C(C)(C)N)c1. The second-order valence-corrected chi connectivity index (χ2v) is 9.28. The minimum atomic E-state index is -4.43. The second-order valence-electron chi connectivity index (χ2n) is 9.28. The molecule has 1 aromatic carbocycles. The molecule has 0 bridgehead atoms. The normalized spacial score (nSPS) is 16.2. The van der Waals surface area contributed by atoms with E-state index in [4.69, 9.17) is 5.73 Å². The molecule has 2 aromatic rings. The Hall–Kier alpha value is -2.87. The molecule has 1 amide bonds. The highest BCUT2D eigenvalue weighted by atomic mass is 19.4. The van der Waals surface area contributed by atoms with Crippen molar-refractivity contribution in [1.29, 1.82) is 0 Å². The summed E-state index contributed by atoms with van der Waals surface area (Å²) in [6, 6.07) is 8.66. The molecule has 1 aromatic heterocycles. The van der Waals surface area contributed by atoms with E-state index in [0.717, 1.165) is 37.0 Å². The molecule has 0 spiro atoms. The molecule has 0 radical (unpaired) electrons. The van der Waals surface area contributed by atoms with E-state index in [1.807, 2.05) is 26.0 Å². The average molecular weight is 461 g/mol. The summed E-state index contributed by atoms with van der Waals surface area (Å²) < 4.78 is 39.0. The van der Waals surface area contributed by atoms with Crippen molar-refractivity contribution in [3.63, 3.8) is 0 Å². The molecule has 8 heteroatoms. The maximum atomic E-state index is 13.3. The van der Waals surface area contributed by atoms with Crippen molar-refractivity contribution in [3.8, 4) is 0 Å². The first-order chi connectivity index (χ1) is 15.4. The van der Waals surface area contributed by atoms with Crippen LogP contribution < -0.4 is 16.4 Å². The number of amides is 1. The Morgan fingerprint density at radius 1 is 1.15 bits per heavy atom. The van der Waals surface area contributed by atoms with Crippen LogP contribution in [0.5, 0.6) is 0 Å². The van der Waals surface area contributed by atoms with Gasteiger partial charge in [0.25, 0.3) is 0 Å². The minimum absolute atomic E-state index is 0.0133. The van der Waals surface area contributed by atoms with Crippen LogP contribution in [0, 0.1) is 0 Å². The summed E-state index contributed by atoms with van der Waals surface area (Å²) in [4.78, 5) is 17.6. The highest BCUT2D eigenvalue weighted by molar-refractivity contribution is 5.88. The fourth-order valence-electron chi connectivity index (χ4n) is 4.10. The van der Waals surface area contributed by atoms with Gasteiger partial charge in [-0.05, 0) is 56.5 Å². The summed E-state index contributed by atoms with van der Waals surface area (Å²) in [6.07, 6.45) is 1.22. The van der Waals surface area contributed by atoms with Gasteiger partial charge in [-0.25, -0.2) is 0 Å². The number of carbonyl (C=O) groups is 1. The number of nitrogens with two attached hydrogens (primary N) is 1. The van der Waals surface area contributed by atoms with Crippen molar-refractivity contribution in [2.24, 2.45) is 5.73 Å². The molecule has 0 saturated heterocycles. The lowest BCUT2D eigenvalue weighted by Gasteiger charge is -2.38. The number of alkyl halides is 3. The van der Waals surface area contributed by atoms with Crippen molar-refractivity contribution in [2.45, 2.75) is 69.8 Å². The van der Waals surface area contributed by atoms with Crippen molar-refractivity contribution in [1.82, 2.24) is 15.6 Å². The number of nitrogens with one attached hydrogen (secondary N) is 2. The van der Waals surface area contributed by atoms with E-state index in [0.29, 0.717) is 29.8 Å². The number of pyridine rings is 1. The van der Waals surface area contributed by atoms with Crippen LogP contribution in [-0.4, -0.2) is 16.4 Å². The maximum absolute atomic E-state index is 13.3. The van der Waals surface area contributed by atoms with E-state index in [-0.39, 0.29) is 12.5 Å². The van der Waals surface area contributed by atoms with Gasteiger partial charge in [-0.15, -0.1) is 0 Å². The van der Waals surface area contributed by atoms with Crippen molar-refractivity contribution >= 4 is 11.6 Å². The van der Waals surface area contributed by atoms with Gasteiger partial charge in [-0.1, -0.05) is 38.0 Å². The van der Waals surface area contributed by atoms with Crippen molar-refractivity contribution in [2.75, 3.05) is 0 Å². The van der Waals surface area contributed by atoms with E-state index < -0.39 is 22.8 Å². The van der Waals surface area contributed by atoms with Crippen LogP contribution in [0.4, 0.5) is 13.2 Å². The summed E-state index contributed by atoms with van der Waals surface area (Å²) >= 11 is 0. The van der Waals surface area contributed by atoms with Gasteiger partial charge in [0.2, 0.25) is 5.91 Å². The number of carbonyl (C=O) groups excluding carboxylic acids is 1. The maximum Gasteiger partial charge on any atom is 0.416 e. The lowest BCUT2D eigenvalue weighted by atomic mass is 9.80. The van der Waals surface area contributed by atoms with Crippen LogP contribution in [-0.2, 0) is 23.1 Å². The Bertz CT molecular complexity index is 1010. The molecule has 1 heterocycles. The number of hydrogen-bond donors (Lipinski definition) is 3. The lowest BCUT2D eigenvalue weighted by molar-refractivity contribution is -0.137. The molecule has 1 aliphatic rings. The van der Waals surface area contributed by atoms with Crippen LogP contribution in [0.25, 0.3) is 5.70 Å². The summed E-state index contributed by atoms with van der Waals surface area (Å²) in [5, 5.41) is 6.18. The van der Waals surface area contributed by atoms with Gasteiger partial charge in [-0.2, -0.15) is 13.2 Å². The summed E-state index contributed by atoms with van der Waals surface area (Å²) in [7, 11) is 0. The topological polar surface area (TPSA) is 80.0 Å². The molecule has 0 atom stereocenters. The van der Waals surface area contributed by atoms with Crippen LogP contribution >= 0.6 is 0 Å². The molecule has 4 N–H and O–H groups in total. The first-order valence-electron chi connectivity index (χ1n) is 11.1. The van der Waals surface area contributed by atoms with Gasteiger partial charge in [0.15, 0.2) is 0 Å². The van der Waals surface area contributed by atoms with Crippen molar-refractivity contribution < 1.29 is 18.0 Å². The number of rotatable bonds is 7. The predicted molar refractivity (Wildman–Crippen MR) is 123 cm³/mol. The standard InChI is InChI=1S/C25H31F3N4O/c1-17(19-10-13-30-21(15-19)23(2,3)29)32-24(11-5-4-6-12-24)22(33)31-16-18-8-7-9-20(14-18)25(26,27)28/h7-10,13-15,32H,1,4-6,11-12,16,29H2,2-3H3,(H,31,33). The van der Waals surface area contributed by atoms with E-state index >= 15 is 0 Å². The zero-order valence-corrected chi connectivity index (χ0v) is 19.1. The highest BCUT2D eigenvalue weighted by Gasteiger charge is 2.40. The Balaban J connectivity index is 1.76. The van der Waals surface area contributed by atoms with E-state index in [9.17, 15) is 18.0 Å². The third kappa shape index (κ3) is 6.13. The molecule has 1 fully saturated rings. The van der Waals surface area contributed by atoms with Gasteiger partial charge >= 0.3 is 6.18 Å². The van der Waals surface area contributed by atoms with Crippen LogP contribution in [0.2, 0.25) is 0 Å². The second kappa shape index (κ2) is 9.55. The van der Waals surface area contributed by atoms with Crippen LogP contribution in [0.15, 0.2) is 49.2 Å². The monoisotopic (exact) mass is 460 g/mol. The number of nitrogens with zero attached hydrogens (tertiary/aromatic N) is 1. The fraction of sp³-hybridized carbons (Fsp3) is 0.440. The predicted octanol–water partition coefficient (Wildman–Crippen LogP) is 4.87. The quantitative estimate of drug-likeness (QED) is 0.551.